The van der Waals surface area contributed by atoms with E-state index in [-0.39, 0.29) is 11.8 Å². The van der Waals surface area contributed by atoms with Crippen molar-refractivity contribution >= 4 is 58.5 Å². The van der Waals surface area contributed by atoms with E-state index in [0.717, 1.165) is 11.1 Å². The Balaban J connectivity index is 1.27. The Labute approximate surface area is 225 Å². The third kappa shape index (κ3) is 8.39. The fourth-order valence-corrected chi connectivity index (χ4v) is 3.68. The molecule has 4 aromatic carbocycles. The first-order valence-electron chi connectivity index (χ1n) is 11.3. The maximum atomic E-state index is 12.2. The lowest BCUT2D eigenvalue weighted by Gasteiger charge is -2.08. The number of hydrogen-bond donors (Lipinski definition) is 2. The molecule has 7 heteroatoms. The second-order valence-corrected chi connectivity index (χ2v) is 8.78. The van der Waals surface area contributed by atoms with Crippen LogP contribution < -0.4 is 15.4 Å². The van der Waals surface area contributed by atoms with Crippen molar-refractivity contribution < 1.29 is 14.3 Å². The van der Waals surface area contributed by atoms with E-state index in [4.69, 9.17) is 27.9 Å². The van der Waals surface area contributed by atoms with Crippen molar-refractivity contribution in [3.05, 3.63) is 130 Å². The van der Waals surface area contributed by atoms with Crippen LogP contribution in [0.4, 0.5) is 11.4 Å². The molecule has 0 atom stereocenters. The van der Waals surface area contributed by atoms with Gasteiger partial charge < -0.3 is 15.4 Å². The molecule has 0 saturated heterocycles. The molecule has 0 aliphatic carbocycles. The van der Waals surface area contributed by atoms with E-state index in [1.165, 1.54) is 12.2 Å². The van der Waals surface area contributed by atoms with Crippen molar-refractivity contribution in [2.24, 2.45) is 0 Å². The number of rotatable bonds is 8. The van der Waals surface area contributed by atoms with Gasteiger partial charge in [0.25, 0.3) is 0 Å². The third-order valence-corrected chi connectivity index (χ3v) is 5.50. The van der Waals surface area contributed by atoms with Crippen LogP contribution in [0, 0.1) is 0 Å². The first kappa shape index (κ1) is 25.8. The molecule has 0 saturated carbocycles. The Hall–Kier alpha value is -4.32. The third-order valence-electron chi connectivity index (χ3n) is 5.03. The minimum absolute atomic E-state index is 0.256. The second-order valence-electron chi connectivity index (χ2n) is 7.91. The maximum Gasteiger partial charge on any atom is 0.248 e. The van der Waals surface area contributed by atoms with E-state index in [0.29, 0.717) is 32.9 Å². The standard InChI is InChI=1S/C30H22Cl2N2O3/c31-23-5-1-3-21(19-23)7-17-29(35)33-25-9-13-27(14-10-25)37-28-15-11-26(12-16-28)34-30(36)18-8-22-4-2-6-24(32)20-22/h1-20H,(H,33,35)(H,34,36)/b17-7+,18-8+. The molecule has 2 amide bonds. The summed E-state index contributed by atoms with van der Waals surface area (Å²) in [5.41, 5.74) is 2.95. The summed E-state index contributed by atoms with van der Waals surface area (Å²) in [5.74, 6) is 0.699. The molecule has 2 N–H and O–H groups in total. The van der Waals surface area contributed by atoms with Crippen molar-refractivity contribution in [2.45, 2.75) is 0 Å². The molecule has 0 aliphatic rings. The van der Waals surface area contributed by atoms with Gasteiger partial charge in [-0.3, -0.25) is 9.59 Å². The fraction of sp³-hybridized carbons (Fsp3) is 0. The first-order chi connectivity index (χ1) is 17.9. The van der Waals surface area contributed by atoms with Crippen LogP contribution in [-0.2, 0) is 9.59 Å². The van der Waals surface area contributed by atoms with Crippen LogP contribution >= 0.6 is 23.2 Å². The predicted octanol–water partition coefficient (Wildman–Crippen LogP) is 8.09. The van der Waals surface area contributed by atoms with Crippen molar-refractivity contribution in [1.29, 1.82) is 0 Å². The Morgan fingerprint density at radius 2 is 1.00 bits per heavy atom. The Kier molecular flexibility index (Phi) is 8.76. The lowest BCUT2D eigenvalue weighted by molar-refractivity contribution is -0.112. The molecule has 0 aliphatic heterocycles. The molecule has 0 spiro atoms. The van der Waals surface area contributed by atoms with E-state index in [9.17, 15) is 9.59 Å². The summed E-state index contributed by atoms with van der Waals surface area (Å²) in [4.78, 5) is 24.4. The zero-order chi connectivity index (χ0) is 26.0. The number of ether oxygens (including phenoxy) is 1. The van der Waals surface area contributed by atoms with Gasteiger partial charge in [0.1, 0.15) is 11.5 Å². The molecule has 4 aromatic rings. The van der Waals surface area contributed by atoms with Gasteiger partial charge in [0.05, 0.1) is 0 Å². The minimum atomic E-state index is -0.256. The lowest BCUT2D eigenvalue weighted by Crippen LogP contribution is -2.07. The van der Waals surface area contributed by atoms with Gasteiger partial charge in [0.2, 0.25) is 11.8 Å². The van der Waals surface area contributed by atoms with Gasteiger partial charge in [-0.2, -0.15) is 0 Å². The molecule has 184 valence electrons. The number of nitrogens with one attached hydrogen (secondary N) is 2. The van der Waals surface area contributed by atoms with E-state index >= 15 is 0 Å². The van der Waals surface area contributed by atoms with E-state index in [1.807, 2.05) is 24.3 Å². The zero-order valence-corrected chi connectivity index (χ0v) is 21.0. The highest BCUT2D eigenvalue weighted by atomic mass is 35.5. The van der Waals surface area contributed by atoms with Crippen molar-refractivity contribution in [3.8, 4) is 11.5 Å². The largest absolute Gasteiger partial charge is 0.457 e. The van der Waals surface area contributed by atoms with Crippen LogP contribution in [0.15, 0.2) is 109 Å². The van der Waals surface area contributed by atoms with Crippen LogP contribution in [0.25, 0.3) is 12.2 Å². The fourth-order valence-electron chi connectivity index (χ4n) is 3.28. The van der Waals surface area contributed by atoms with Gasteiger partial charge in [-0.05, 0) is 96.1 Å². The van der Waals surface area contributed by atoms with E-state index < -0.39 is 0 Å². The monoisotopic (exact) mass is 528 g/mol. The summed E-state index contributed by atoms with van der Waals surface area (Å²) < 4.78 is 5.85. The molecule has 0 radical (unpaired) electrons. The van der Waals surface area contributed by atoms with Crippen LogP contribution in [0.5, 0.6) is 11.5 Å². The summed E-state index contributed by atoms with van der Waals surface area (Å²) in [6.07, 6.45) is 6.29. The number of benzene rings is 4. The van der Waals surface area contributed by atoms with Crippen molar-refractivity contribution in [1.82, 2.24) is 0 Å². The lowest BCUT2D eigenvalue weighted by atomic mass is 10.2. The highest BCUT2D eigenvalue weighted by Gasteiger charge is 2.03. The maximum absolute atomic E-state index is 12.2. The number of carbonyl (C=O) groups is 2. The number of halogens is 2. The van der Waals surface area contributed by atoms with Gasteiger partial charge in [0, 0.05) is 33.6 Å². The molecule has 0 unspecified atom stereocenters. The number of anilines is 2. The zero-order valence-electron chi connectivity index (χ0n) is 19.5. The van der Waals surface area contributed by atoms with Gasteiger partial charge >= 0.3 is 0 Å². The number of carbonyl (C=O) groups excluding carboxylic acids is 2. The topological polar surface area (TPSA) is 67.4 Å². The highest BCUT2D eigenvalue weighted by Crippen LogP contribution is 2.24. The Bertz CT molecular complexity index is 1340. The van der Waals surface area contributed by atoms with Gasteiger partial charge in [-0.1, -0.05) is 47.5 Å². The van der Waals surface area contributed by atoms with Crippen LogP contribution in [0.3, 0.4) is 0 Å². The van der Waals surface area contributed by atoms with Crippen LogP contribution in [0.1, 0.15) is 11.1 Å². The first-order valence-corrected chi connectivity index (χ1v) is 12.1. The summed E-state index contributed by atoms with van der Waals surface area (Å²) in [5, 5.41) is 6.82. The normalized spacial score (nSPS) is 11.0. The summed E-state index contributed by atoms with van der Waals surface area (Å²) in [6.45, 7) is 0. The van der Waals surface area contributed by atoms with Crippen molar-refractivity contribution in [2.75, 3.05) is 10.6 Å². The van der Waals surface area contributed by atoms with Crippen molar-refractivity contribution in [3.63, 3.8) is 0 Å². The second kappa shape index (κ2) is 12.6. The SMILES string of the molecule is O=C(/C=C/c1cccc(Cl)c1)Nc1ccc(Oc2ccc(NC(=O)/C=C/c3cccc(Cl)c3)cc2)cc1. The van der Waals surface area contributed by atoms with Gasteiger partial charge in [-0.25, -0.2) is 0 Å². The molecule has 0 bridgehead atoms. The van der Waals surface area contributed by atoms with E-state index in [2.05, 4.69) is 10.6 Å². The quantitative estimate of drug-likeness (QED) is 0.227. The highest BCUT2D eigenvalue weighted by molar-refractivity contribution is 6.31. The predicted molar refractivity (Wildman–Crippen MR) is 151 cm³/mol. The smallest absolute Gasteiger partial charge is 0.248 e. The molecule has 5 nitrogen and oxygen atoms in total. The number of hydrogen-bond acceptors (Lipinski definition) is 3. The molecule has 4 rings (SSSR count). The average molecular weight is 529 g/mol. The van der Waals surface area contributed by atoms with Crippen LogP contribution in [-0.4, -0.2) is 11.8 Å². The molecular formula is C30H22Cl2N2O3. The Morgan fingerprint density at radius 1 is 0.595 bits per heavy atom. The summed E-state index contributed by atoms with van der Waals surface area (Å²) in [7, 11) is 0. The van der Waals surface area contributed by atoms with Gasteiger partial charge in [0.15, 0.2) is 0 Å². The Morgan fingerprint density at radius 3 is 1.38 bits per heavy atom. The molecule has 0 aromatic heterocycles. The van der Waals surface area contributed by atoms with E-state index in [1.54, 1.807) is 84.9 Å². The summed E-state index contributed by atoms with van der Waals surface area (Å²) in [6, 6.07) is 28.5. The summed E-state index contributed by atoms with van der Waals surface area (Å²) >= 11 is 11.9. The van der Waals surface area contributed by atoms with Crippen LogP contribution in [0.2, 0.25) is 10.0 Å². The molecule has 37 heavy (non-hydrogen) atoms. The molecular weight excluding hydrogens is 507 g/mol. The number of amides is 2. The minimum Gasteiger partial charge on any atom is -0.457 e. The molecule has 0 heterocycles. The average Bonchev–Trinajstić information content (AvgIpc) is 2.89. The van der Waals surface area contributed by atoms with Gasteiger partial charge in [-0.15, -0.1) is 0 Å². The molecule has 0 fully saturated rings.